The minimum Gasteiger partial charge on any atom is -0.355 e. The maximum absolute atomic E-state index is 12.7. The summed E-state index contributed by atoms with van der Waals surface area (Å²) in [7, 11) is 0. The van der Waals surface area contributed by atoms with Crippen LogP contribution in [0.4, 0.5) is 0 Å². The Morgan fingerprint density at radius 2 is 2.00 bits per heavy atom. The van der Waals surface area contributed by atoms with Crippen LogP contribution in [-0.2, 0) is 17.8 Å². The van der Waals surface area contributed by atoms with Crippen molar-refractivity contribution in [3.63, 3.8) is 0 Å². The first-order chi connectivity index (χ1) is 13.1. The zero-order chi connectivity index (χ0) is 19.2. The van der Waals surface area contributed by atoms with Crippen molar-refractivity contribution in [2.45, 2.75) is 25.0 Å². The third-order valence-corrected chi connectivity index (χ3v) is 5.58. The van der Waals surface area contributed by atoms with E-state index in [0.717, 1.165) is 10.9 Å². The molecule has 0 aliphatic carbocycles. The van der Waals surface area contributed by atoms with E-state index in [0.29, 0.717) is 29.1 Å². The number of carbonyl (C=O) groups is 1. The summed E-state index contributed by atoms with van der Waals surface area (Å²) in [4.78, 5) is 29.4. The summed E-state index contributed by atoms with van der Waals surface area (Å²) < 4.78 is 2.45. The van der Waals surface area contributed by atoms with Gasteiger partial charge < -0.3 is 5.32 Å². The van der Waals surface area contributed by atoms with Crippen LogP contribution in [0.1, 0.15) is 12.5 Å². The Hall–Kier alpha value is -2.12. The molecule has 1 heterocycles. The second-order valence-electron chi connectivity index (χ2n) is 5.98. The molecule has 2 aromatic carbocycles. The van der Waals surface area contributed by atoms with Crippen LogP contribution >= 0.6 is 27.7 Å². The molecule has 3 aromatic rings. The van der Waals surface area contributed by atoms with Gasteiger partial charge in [0.1, 0.15) is 0 Å². The first-order valence-electron chi connectivity index (χ1n) is 8.72. The molecule has 0 aliphatic rings. The van der Waals surface area contributed by atoms with Gasteiger partial charge in [-0.25, -0.2) is 4.98 Å². The Kier molecular flexibility index (Phi) is 6.68. The summed E-state index contributed by atoms with van der Waals surface area (Å²) in [5.74, 6) is 0.159. The molecule has 1 aromatic heterocycles. The van der Waals surface area contributed by atoms with Crippen LogP contribution in [0.3, 0.4) is 0 Å². The van der Waals surface area contributed by atoms with Gasteiger partial charge in [-0.15, -0.1) is 0 Å². The van der Waals surface area contributed by atoms with Crippen LogP contribution in [0.5, 0.6) is 0 Å². The highest BCUT2D eigenvalue weighted by Gasteiger charge is 2.12. The average molecular weight is 446 g/mol. The Bertz CT molecular complexity index is 1010. The van der Waals surface area contributed by atoms with Crippen molar-refractivity contribution in [1.29, 1.82) is 0 Å². The van der Waals surface area contributed by atoms with Crippen molar-refractivity contribution >= 4 is 44.5 Å². The van der Waals surface area contributed by atoms with E-state index in [1.807, 2.05) is 49.4 Å². The SMILES string of the molecule is CCn1c(SCC(=O)NCCc2ccccc2)nc2ccc(Br)cc2c1=O. The highest BCUT2D eigenvalue weighted by molar-refractivity contribution is 9.10. The normalized spacial score (nSPS) is 10.9. The Balaban J connectivity index is 1.64. The Morgan fingerprint density at radius 3 is 2.74 bits per heavy atom. The Morgan fingerprint density at radius 1 is 1.22 bits per heavy atom. The van der Waals surface area contributed by atoms with Gasteiger partial charge in [-0.05, 0) is 37.1 Å². The molecule has 0 unspecified atom stereocenters. The largest absolute Gasteiger partial charge is 0.355 e. The van der Waals surface area contributed by atoms with Gasteiger partial charge >= 0.3 is 0 Å². The van der Waals surface area contributed by atoms with E-state index >= 15 is 0 Å². The van der Waals surface area contributed by atoms with Gasteiger partial charge in [-0.1, -0.05) is 58.0 Å². The molecule has 27 heavy (non-hydrogen) atoms. The fourth-order valence-corrected chi connectivity index (χ4v) is 3.99. The zero-order valence-corrected chi connectivity index (χ0v) is 17.3. The van der Waals surface area contributed by atoms with Crippen LogP contribution in [0.2, 0.25) is 0 Å². The number of hydrogen-bond donors (Lipinski definition) is 1. The molecule has 0 fully saturated rings. The van der Waals surface area contributed by atoms with E-state index in [2.05, 4.69) is 26.2 Å². The lowest BCUT2D eigenvalue weighted by atomic mass is 10.1. The molecule has 1 amide bonds. The molecule has 0 saturated carbocycles. The molecule has 0 bridgehead atoms. The number of halogens is 1. The molecule has 5 nitrogen and oxygen atoms in total. The summed E-state index contributed by atoms with van der Waals surface area (Å²) in [6.07, 6.45) is 0.792. The number of carbonyl (C=O) groups excluding carboxylic acids is 1. The molecule has 0 radical (unpaired) electrons. The molecule has 0 saturated heterocycles. The lowest BCUT2D eigenvalue weighted by Crippen LogP contribution is -2.28. The number of nitrogens with one attached hydrogen (secondary N) is 1. The molecular formula is C20H20BrN3O2S. The van der Waals surface area contributed by atoms with Gasteiger partial charge in [0.15, 0.2) is 5.16 Å². The Labute approximate surface area is 170 Å². The number of hydrogen-bond acceptors (Lipinski definition) is 4. The monoisotopic (exact) mass is 445 g/mol. The molecule has 3 rings (SSSR count). The minimum atomic E-state index is -0.0872. The second-order valence-corrected chi connectivity index (χ2v) is 7.84. The van der Waals surface area contributed by atoms with Crippen LogP contribution in [0.25, 0.3) is 10.9 Å². The summed E-state index contributed by atoms with van der Waals surface area (Å²) in [5, 5.41) is 4.05. The summed E-state index contributed by atoms with van der Waals surface area (Å²) in [6.45, 7) is 2.99. The van der Waals surface area contributed by atoms with Crippen molar-refractivity contribution < 1.29 is 4.79 Å². The first kappa shape index (κ1) is 19.6. The van der Waals surface area contributed by atoms with Gasteiger partial charge in [-0.3, -0.25) is 14.2 Å². The third kappa shape index (κ3) is 4.99. The molecule has 140 valence electrons. The smallest absolute Gasteiger partial charge is 0.262 e. The van der Waals surface area contributed by atoms with E-state index in [-0.39, 0.29) is 17.2 Å². The highest BCUT2D eigenvalue weighted by Crippen LogP contribution is 2.20. The zero-order valence-electron chi connectivity index (χ0n) is 14.9. The molecule has 0 aliphatic heterocycles. The van der Waals surface area contributed by atoms with E-state index in [1.54, 1.807) is 10.6 Å². The van der Waals surface area contributed by atoms with Gasteiger partial charge in [-0.2, -0.15) is 0 Å². The molecule has 0 atom stereocenters. The fourth-order valence-electron chi connectivity index (χ4n) is 2.73. The van der Waals surface area contributed by atoms with E-state index in [1.165, 1.54) is 17.3 Å². The fraction of sp³-hybridized carbons (Fsp3) is 0.250. The number of benzene rings is 2. The summed E-state index contributed by atoms with van der Waals surface area (Å²) in [6, 6.07) is 15.5. The van der Waals surface area contributed by atoms with Crippen LogP contribution < -0.4 is 10.9 Å². The van der Waals surface area contributed by atoms with Crippen molar-refractivity contribution in [3.05, 3.63) is 68.9 Å². The lowest BCUT2D eigenvalue weighted by Gasteiger charge is -2.11. The first-order valence-corrected chi connectivity index (χ1v) is 10.5. The number of nitrogens with zero attached hydrogens (tertiary/aromatic N) is 2. The highest BCUT2D eigenvalue weighted by atomic mass is 79.9. The van der Waals surface area contributed by atoms with Crippen LogP contribution in [0, 0.1) is 0 Å². The van der Waals surface area contributed by atoms with Crippen molar-refractivity contribution in [2.75, 3.05) is 12.3 Å². The number of rotatable bonds is 7. The number of thioether (sulfide) groups is 1. The van der Waals surface area contributed by atoms with E-state index in [9.17, 15) is 9.59 Å². The van der Waals surface area contributed by atoms with E-state index in [4.69, 9.17) is 0 Å². The molecule has 7 heteroatoms. The van der Waals surface area contributed by atoms with Crippen molar-refractivity contribution in [3.8, 4) is 0 Å². The lowest BCUT2D eigenvalue weighted by molar-refractivity contribution is -0.118. The van der Waals surface area contributed by atoms with Gasteiger partial charge in [0.2, 0.25) is 5.91 Å². The van der Waals surface area contributed by atoms with Crippen LogP contribution in [0.15, 0.2) is 63.0 Å². The minimum absolute atomic E-state index is 0.0660. The van der Waals surface area contributed by atoms with Crippen molar-refractivity contribution in [1.82, 2.24) is 14.9 Å². The predicted molar refractivity (Wildman–Crippen MR) is 113 cm³/mol. The quantitative estimate of drug-likeness (QED) is 0.445. The standard InChI is InChI=1S/C20H20BrN3O2S/c1-2-24-19(26)16-12-15(21)8-9-17(16)23-20(24)27-13-18(25)22-11-10-14-6-4-3-5-7-14/h3-9,12H,2,10-11,13H2,1H3,(H,22,25). The molecule has 0 spiro atoms. The molecule has 1 N–H and O–H groups in total. The predicted octanol–water partition coefficient (Wildman–Crippen LogP) is 3.63. The second kappa shape index (κ2) is 9.19. The van der Waals surface area contributed by atoms with Gasteiger partial charge in [0, 0.05) is 17.6 Å². The van der Waals surface area contributed by atoms with Crippen LogP contribution in [-0.4, -0.2) is 27.8 Å². The summed E-state index contributed by atoms with van der Waals surface area (Å²) >= 11 is 4.68. The van der Waals surface area contributed by atoms with Crippen molar-refractivity contribution in [2.24, 2.45) is 0 Å². The number of amides is 1. The number of fused-ring (bicyclic) bond motifs is 1. The van der Waals surface area contributed by atoms with E-state index < -0.39 is 0 Å². The average Bonchev–Trinajstić information content (AvgIpc) is 2.68. The summed E-state index contributed by atoms with van der Waals surface area (Å²) in [5.41, 5.74) is 1.74. The topological polar surface area (TPSA) is 64.0 Å². The number of aromatic nitrogens is 2. The molecular weight excluding hydrogens is 426 g/mol. The van der Waals surface area contributed by atoms with Gasteiger partial charge in [0.05, 0.1) is 16.7 Å². The third-order valence-electron chi connectivity index (χ3n) is 4.11. The maximum atomic E-state index is 12.7. The van der Waals surface area contributed by atoms with Gasteiger partial charge in [0.25, 0.3) is 5.56 Å². The maximum Gasteiger partial charge on any atom is 0.262 e.